The molecule has 0 saturated carbocycles. The van der Waals surface area contributed by atoms with Crippen LogP contribution in [-0.4, -0.2) is 12.6 Å². The Kier molecular flexibility index (Phi) is 3.07. The molecule has 1 heterocycles. The van der Waals surface area contributed by atoms with Gasteiger partial charge < -0.3 is 10.5 Å². The molecule has 2 heteroatoms. The van der Waals surface area contributed by atoms with Gasteiger partial charge in [0.1, 0.15) is 5.75 Å². The lowest BCUT2D eigenvalue weighted by molar-refractivity contribution is 0.192. The first-order chi connectivity index (χ1) is 7.29. The molecule has 0 amide bonds. The van der Waals surface area contributed by atoms with E-state index in [1.807, 2.05) is 6.08 Å². The van der Waals surface area contributed by atoms with E-state index in [0.717, 1.165) is 18.6 Å². The molecule has 1 aromatic carbocycles. The Hall–Kier alpha value is -1.28. The molecule has 1 atom stereocenters. The van der Waals surface area contributed by atoms with Gasteiger partial charge in [0.05, 0.1) is 6.10 Å². The third-order valence-corrected chi connectivity index (χ3v) is 2.68. The van der Waals surface area contributed by atoms with Gasteiger partial charge in [-0.25, -0.2) is 0 Å². The van der Waals surface area contributed by atoms with Crippen molar-refractivity contribution in [3.05, 3.63) is 35.4 Å². The molecule has 0 fully saturated rings. The van der Waals surface area contributed by atoms with Gasteiger partial charge in [-0.3, -0.25) is 0 Å². The highest BCUT2D eigenvalue weighted by atomic mass is 16.5. The van der Waals surface area contributed by atoms with E-state index in [0.29, 0.717) is 12.6 Å². The third-order valence-electron chi connectivity index (χ3n) is 2.68. The minimum absolute atomic E-state index is 0.350. The summed E-state index contributed by atoms with van der Waals surface area (Å²) in [6.45, 7) is 2.70. The van der Waals surface area contributed by atoms with Gasteiger partial charge in [0.25, 0.3) is 0 Å². The van der Waals surface area contributed by atoms with E-state index in [2.05, 4.69) is 31.2 Å². The number of aryl methyl sites for hydroxylation is 1. The van der Waals surface area contributed by atoms with Crippen LogP contribution in [0.15, 0.2) is 24.3 Å². The molecule has 0 spiro atoms. The smallest absolute Gasteiger partial charge is 0.122 e. The lowest BCUT2D eigenvalue weighted by Gasteiger charge is -2.23. The SMILES string of the molecule is CC1CCc2cc(/C=C/CN)ccc2O1. The molecule has 1 aliphatic rings. The normalized spacial score (nSPS) is 20.0. The van der Waals surface area contributed by atoms with Crippen molar-refractivity contribution in [2.24, 2.45) is 5.73 Å². The maximum absolute atomic E-state index is 5.74. The molecule has 0 saturated heterocycles. The van der Waals surface area contributed by atoms with Gasteiger partial charge in [-0.15, -0.1) is 0 Å². The van der Waals surface area contributed by atoms with Crippen LogP contribution in [0.3, 0.4) is 0 Å². The Balaban J connectivity index is 2.23. The maximum Gasteiger partial charge on any atom is 0.122 e. The number of hydrogen-bond acceptors (Lipinski definition) is 2. The monoisotopic (exact) mass is 203 g/mol. The fourth-order valence-corrected chi connectivity index (χ4v) is 1.85. The van der Waals surface area contributed by atoms with E-state index < -0.39 is 0 Å². The molecule has 80 valence electrons. The van der Waals surface area contributed by atoms with Crippen molar-refractivity contribution in [3.63, 3.8) is 0 Å². The molecule has 15 heavy (non-hydrogen) atoms. The minimum Gasteiger partial charge on any atom is -0.490 e. The van der Waals surface area contributed by atoms with Crippen LogP contribution in [0.5, 0.6) is 5.75 Å². The molecular formula is C13H17NO. The van der Waals surface area contributed by atoms with Crippen LogP contribution in [0.1, 0.15) is 24.5 Å². The molecule has 0 aromatic heterocycles. The van der Waals surface area contributed by atoms with Crippen molar-refractivity contribution in [1.82, 2.24) is 0 Å². The average molecular weight is 203 g/mol. The highest BCUT2D eigenvalue weighted by Gasteiger charge is 2.15. The quantitative estimate of drug-likeness (QED) is 0.801. The predicted octanol–water partition coefficient (Wildman–Crippen LogP) is 2.37. The van der Waals surface area contributed by atoms with Gasteiger partial charge in [0.15, 0.2) is 0 Å². The molecule has 0 bridgehead atoms. The average Bonchev–Trinajstić information content (AvgIpc) is 2.26. The van der Waals surface area contributed by atoms with Gasteiger partial charge in [0.2, 0.25) is 0 Å². The number of fused-ring (bicyclic) bond motifs is 1. The molecule has 2 nitrogen and oxygen atoms in total. The van der Waals surface area contributed by atoms with Crippen LogP contribution in [-0.2, 0) is 6.42 Å². The summed E-state index contributed by atoms with van der Waals surface area (Å²) in [5, 5.41) is 0. The number of nitrogens with two attached hydrogens (primary N) is 1. The molecular weight excluding hydrogens is 186 g/mol. The summed E-state index contributed by atoms with van der Waals surface area (Å²) in [6, 6.07) is 6.32. The fraction of sp³-hybridized carbons (Fsp3) is 0.385. The standard InChI is InChI=1S/C13H17NO/c1-10-4-6-12-9-11(3-2-8-14)5-7-13(12)15-10/h2-3,5,7,9-10H,4,6,8,14H2,1H3/b3-2+. The first-order valence-electron chi connectivity index (χ1n) is 5.46. The lowest BCUT2D eigenvalue weighted by atomic mass is 10.0. The van der Waals surface area contributed by atoms with Crippen LogP contribution < -0.4 is 10.5 Å². The zero-order valence-corrected chi connectivity index (χ0v) is 9.07. The summed E-state index contributed by atoms with van der Waals surface area (Å²) in [5.41, 5.74) is 7.94. The van der Waals surface area contributed by atoms with Crippen LogP contribution in [0, 0.1) is 0 Å². The fourth-order valence-electron chi connectivity index (χ4n) is 1.85. The van der Waals surface area contributed by atoms with E-state index in [-0.39, 0.29) is 0 Å². The molecule has 1 unspecified atom stereocenters. The molecule has 0 aliphatic carbocycles. The van der Waals surface area contributed by atoms with Crippen LogP contribution in [0.25, 0.3) is 6.08 Å². The molecule has 2 N–H and O–H groups in total. The van der Waals surface area contributed by atoms with Crippen LogP contribution in [0.2, 0.25) is 0 Å². The summed E-state index contributed by atoms with van der Waals surface area (Å²) in [6.07, 6.45) is 6.59. The summed E-state index contributed by atoms with van der Waals surface area (Å²) >= 11 is 0. The van der Waals surface area contributed by atoms with Crippen molar-refractivity contribution in [2.75, 3.05) is 6.54 Å². The number of ether oxygens (including phenoxy) is 1. The molecule has 1 aromatic rings. The van der Waals surface area contributed by atoms with Crippen molar-refractivity contribution in [3.8, 4) is 5.75 Å². The van der Waals surface area contributed by atoms with Gasteiger partial charge in [0, 0.05) is 6.54 Å². The Morgan fingerprint density at radius 1 is 1.53 bits per heavy atom. The topological polar surface area (TPSA) is 35.2 Å². The van der Waals surface area contributed by atoms with E-state index in [1.54, 1.807) is 0 Å². The van der Waals surface area contributed by atoms with Gasteiger partial charge >= 0.3 is 0 Å². The molecule has 2 rings (SSSR count). The van der Waals surface area contributed by atoms with E-state index in [9.17, 15) is 0 Å². The van der Waals surface area contributed by atoms with E-state index >= 15 is 0 Å². The second kappa shape index (κ2) is 4.49. The van der Waals surface area contributed by atoms with E-state index in [4.69, 9.17) is 10.5 Å². The maximum atomic E-state index is 5.74. The number of rotatable bonds is 2. The highest BCUT2D eigenvalue weighted by molar-refractivity contribution is 5.54. The molecule has 1 aliphatic heterocycles. The van der Waals surface area contributed by atoms with Gasteiger partial charge in [-0.1, -0.05) is 18.2 Å². The Morgan fingerprint density at radius 3 is 3.20 bits per heavy atom. The summed E-state index contributed by atoms with van der Waals surface area (Å²) in [5.74, 6) is 1.04. The second-order valence-electron chi connectivity index (χ2n) is 3.97. The molecule has 0 radical (unpaired) electrons. The first kappa shape index (κ1) is 10.2. The van der Waals surface area contributed by atoms with Crippen molar-refractivity contribution in [1.29, 1.82) is 0 Å². The Bertz CT molecular complexity index is 371. The second-order valence-corrected chi connectivity index (χ2v) is 3.97. The Labute approximate surface area is 90.7 Å². The summed E-state index contributed by atoms with van der Waals surface area (Å²) in [4.78, 5) is 0. The highest BCUT2D eigenvalue weighted by Crippen LogP contribution is 2.28. The van der Waals surface area contributed by atoms with Crippen molar-refractivity contribution >= 4 is 6.08 Å². The Morgan fingerprint density at radius 2 is 2.40 bits per heavy atom. The van der Waals surface area contributed by atoms with Crippen molar-refractivity contribution < 1.29 is 4.74 Å². The largest absolute Gasteiger partial charge is 0.490 e. The van der Waals surface area contributed by atoms with Crippen LogP contribution in [0.4, 0.5) is 0 Å². The lowest BCUT2D eigenvalue weighted by Crippen LogP contribution is -2.18. The van der Waals surface area contributed by atoms with Crippen molar-refractivity contribution in [2.45, 2.75) is 25.9 Å². The van der Waals surface area contributed by atoms with E-state index in [1.165, 1.54) is 11.1 Å². The van der Waals surface area contributed by atoms with Gasteiger partial charge in [-0.05, 0) is 43.0 Å². The first-order valence-corrected chi connectivity index (χ1v) is 5.46. The predicted molar refractivity (Wildman–Crippen MR) is 62.9 cm³/mol. The number of hydrogen-bond donors (Lipinski definition) is 1. The zero-order chi connectivity index (χ0) is 10.7. The zero-order valence-electron chi connectivity index (χ0n) is 9.07. The number of benzene rings is 1. The third kappa shape index (κ3) is 2.39. The summed E-state index contributed by atoms with van der Waals surface area (Å²) < 4.78 is 5.74. The van der Waals surface area contributed by atoms with Gasteiger partial charge in [-0.2, -0.15) is 0 Å². The minimum atomic E-state index is 0.350. The summed E-state index contributed by atoms with van der Waals surface area (Å²) in [7, 11) is 0. The van der Waals surface area contributed by atoms with Crippen LogP contribution >= 0.6 is 0 Å².